The van der Waals surface area contributed by atoms with Crippen molar-refractivity contribution in [1.82, 2.24) is 0 Å². The number of methoxy groups -OCH3 is 1. The van der Waals surface area contributed by atoms with Gasteiger partial charge in [-0.3, -0.25) is 0 Å². The van der Waals surface area contributed by atoms with Crippen LogP contribution in [0.1, 0.15) is 16.7 Å². The molecule has 4 heteroatoms. The smallest absolute Gasteiger partial charge is 0.193 e. The molecule has 0 amide bonds. The van der Waals surface area contributed by atoms with Crippen molar-refractivity contribution in [3.05, 3.63) is 59.2 Å². The second kappa shape index (κ2) is 6.79. The fourth-order valence-electron chi connectivity index (χ4n) is 1.98. The maximum atomic E-state index is 5.91. The van der Waals surface area contributed by atoms with Crippen LogP contribution in [0.2, 0.25) is 0 Å². The molecule has 110 valence electrons. The third-order valence-electron chi connectivity index (χ3n) is 3.19. The average Bonchev–Trinajstić information content (AvgIpc) is 2.48. The lowest BCUT2D eigenvalue weighted by Gasteiger charge is -2.09. The Morgan fingerprint density at radius 3 is 2.43 bits per heavy atom. The van der Waals surface area contributed by atoms with E-state index in [0.29, 0.717) is 12.5 Å². The molecule has 0 aromatic heterocycles. The van der Waals surface area contributed by atoms with Crippen molar-refractivity contribution in [3.8, 4) is 5.75 Å². The maximum Gasteiger partial charge on any atom is 0.193 e. The molecule has 4 nitrogen and oxygen atoms in total. The Labute approximate surface area is 125 Å². The van der Waals surface area contributed by atoms with Gasteiger partial charge in [0.05, 0.1) is 13.7 Å². The summed E-state index contributed by atoms with van der Waals surface area (Å²) in [4.78, 5) is 4.35. The van der Waals surface area contributed by atoms with E-state index in [0.717, 1.165) is 22.6 Å². The SMILES string of the molecule is COc1cc(C)ccc1CN=C(N)Nc1ccc(C)cc1. The summed E-state index contributed by atoms with van der Waals surface area (Å²) in [7, 11) is 1.66. The largest absolute Gasteiger partial charge is 0.496 e. The van der Waals surface area contributed by atoms with Gasteiger partial charge in [-0.15, -0.1) is 0 Å². The minimum atomic E-state index is 0.390. The van der Waals surface area contributed by atoms with Crippen LogP contribution >= 0.6 is 0 Å². The summed E-state index contributed by atoms with van der Waals surface area (Å²) in [6, 6.07) is 14.0. The second-order valence-corrected chi connectivity index (χ2v) is 5.01. The molecule has 0 saturated heterocycles. The van der Waals surface area contributed by atoms with Gasteiger partial charge < -0.3 is 15.8 Å². The molecule has 2 rings (SSSR count). The molecule has 0 aliphatic carbocycles. The molecule has 0 atom stereocenters. The van der Waals surface area contributed by atoms with Crippen LogP contribution in [0.15, 0.2) is 47.5 Å². The number of benzene rings is 2. The van der Waals surface area contributed by atoms with Crippen molar-refractivity contribution in [2.75, 3.05) is 12.4 Å². The van der Waals surface area contributed by atoms with Crippen LogP contribution in [0.5, 0.6) is 5.75 Å². The molecular formula is C17H21N3O. The number of nitrogens with two attached hydrogens (primary N) is 1. The first-order valence-corrected chi connectivity index (χ1v) is 6.85. The quantitative estimate of drug-likeness (QED) is 0.669. The first-order valence-electron chi connectivity index (χ1n) is 6.85. The molecular weight excluding hydrogens is 262 g/mol. The summed E-state index contributed by atoms with van der Waals surface area (Å²) in [5.41, 5.74) is 10.2. The third kappa shape index (κ3) is 4.24. The Hall–Kier alpha value is -2.49. The molecule has 21 heavy (non-hydrogen) atoms. The number of aliphatic imine (C=N–C) groups is 1. The monoisotopic (exact) mass is 283 g/mol. The number of aryl methyl sites for hydroxylation is 2. The number of hydrogen-bond acceptors (Lipinski definition) is 2. The number of nitrogens with one attached hydrogen (secondary N) is 1. The predicted molar refractivity (Wildman–Crippen MR) is 87.9 cm³/mol. The Kier molecular flexibility index (Phi) is 4.82. The van der Waals surface area contributed by atoms with Gasteiger partial charge in [0.1, 0.15) is 5.75 Å². The van der Waals surface area contributed by atoms with Crippen molar-refractivity contribution < 1.29 is 4.74 Å². The first kappa shape index (κ1) is 14.9. The first-order chi connectivity index (χ1) is 10.1. The van der Waals surface area contributed by atoms with Gasteiger partial charge in [-0.05, 0) is 37.6 Å². The molecule has 0 heterocycles. The highest BCUT2D eigenvalue weighted by Crippen LogP contribution is 2.20. The van der Waals surface area contributed by atoms with Crippen molar-refractivity contribution in [1.29, 1.82) is 0 Å². The summed E-state index contributed by atoms with van der Waals surface area (Å²) in [5.74, 6) is 1.23. The number of nitrogens with zero attached hydrogens (tertiary/aromatic N) is 1. The zero-order valence-electron chi connectivity index (χ0n) is 12.7. The Balaban J connectivity index is 2.05. The normalized spacial score (nSPS) is 11.3. The highest BCUT2D eigenvalue weighted by molar-refractivity contribution is 5.92. The van der Waals surface area contributed by atoms with Gasteiger partial charge in [-0.1, -0.05) is 29.8 Å². The second-order valence-electron chi connectivity index (χ2n) is 5.01. The van der Waals surface area contributed by atoms with Crippen LogP contribution in [0.3, 0.4) is 0 Å². The van der Waals surface area contributed by atoms with Crippen molar-refractivity contribution in [2.45, 2.75) is 20.4 Å². The zero-order valence-corrected chi connectivity index (χ0v) is 12.7. The van der Waals surface area contributed by atoms with E-state index in [4.69, 9.17) is 10.5 Å². The van der Waals surface area contributed by atoms with E-state index in [-0.39, 0.29) is 0 Å². The van der Waals surface area contributed by atoms with Crippen molar-refractivity contribution >= 4 is 11.6 Å². The van der Waals surface area contributed by atoms with E-state index in [1.165, 1.54) is 5.56 Å². The van der Waals surface area contributed by atoms with Crippen molar-refractivity contribution in [3.63, 3.8) is 0 Å². The molecule has 0 unspecified atom stereocenters. The molecule has 2 aromatic rings. The van der Waals surface area contributed by atoms with Crippen LogP contribution in [-0.2, 0) is 6.54 Å². The maximum absolute atomic E-state index is 5.91. The van der Waals surface area contributed by atoms with E-state index >= 15 is 0 Å². The van der Waals surface area contributed by atoms with Crippen molar-refractivity contribution in [2.24, 2.45) is 10.7 Å². The highest BCUT2D eigenvalue weighted by atomic mass is 16.5. The molecule has 0 spiro atoms. The number of guanidine groups is 1. The van der Waals surface area contributed by atoms with Gasteiger partial charge >= 0.3 is 0 Å². The lowest BCUT2D eigenvalue weighted by molar-refractivity contribution is 0.409. The van der Waals surface area contributed by atoms with E-state index < -0.39 is 0 Å². The third-order valence-corrected chi connectivity index (χ3v) is 3.19. The van der Waals surface area contributed by atoms with E-state index in [1.54, 1.807) is 7.11 Å². The van der Waals surface area contributed by atoms with Crippen LogP contribution in [0.4, 0.5) is 5.69 Å². The van der Waals surface area contributed by atoms with Crippen LogP contribution in [0.25, 0.3) is 0 Å². The van der Waals surface area contributed by atoms with Crippen LogP contribution < -0.4 is 15.8 Å². The Morgan fingerprint density at radius 2 is 1.76 bits per heavy atom. The van der Waals surface area contributed by atoms with Gasteiger partial charge in [0.15, 0.2) is 5.96 Å². The van der Waals surface area contributed by atoms with Gasteiger partial charge in [-0.2, -0.15) is 0 Å². The molecule has 0 fully saturated rings. The van der Waals surface area contributed by atoms with Gasteiger partial charge in [0, 0.05) is 11.3 Å². The summed E-state index contributed by atoms with van der Waals surface area (Å²) >= 11 is 0. The number of rotatable bonds is 4. The van der Waals surface area contributed by atoms with Gasteiger partial charge in [-0.25, -0.2) is 4.99 Å². The summed E-state index contributed by atoms with van der Waals surface area (Å²) in [5, 5.41) is 3.08. The summed E-state index contributed by atoms with van der Waals surface area (Å²) < 4.78 is 5.36. The summed E-state index contributed by atoms with van der Waals surface area (Å²) in [6.07, 6.45) is 0. The van der Waals surface area contributed by atoms with Gasteiger partial charge in [0.2, 0.25) is 0 Å². The molecule has 0 saturated carbocycles. The molecule has 3 N–H and O–H groups in total. The van der Waals surface area contributed by atoms with Crippen LogP contribution in [0, 0.1) is 13.8 Å². The molecule has 0 aliphatic heterocycles. The summed E-state index contributed by atoms with van der Waals surface area (Å²) in [6.45, 7) is 4.56. The van der Waals surface area contributed by atoms with E-state index in [9.17, 15) is 0 Å². The average molecular weight is 283 g/mol. The van der Waals surface area contributed by atoms with Crippen LogP contribution in [-0.4, -0.2) is 13.1 Å². The lowest BCUT2D eigenvalue weighted by atomic mass is 10.1. The predicted octanol–water partition coefficient (Wildman–Crippen LogP) is 3.24. The fraction of sp³-hybridized carbons (Fsp3) is 0.235. The highest BCUT2D eigenvalue weighted by Gasteiger charge is 2.03. The topological polar surface area (TPSA) is 59.6 Å². The lowest BCUT2D eigenvalue weighted by Crippen LogP contribution is -2.22. The zero-order chi connectivity index (χ0) is 15.2. The Morgan fingerprint density at radius 1 is 1.10 bits per heavy atom. The number of hydrogen-bond donors (Lipinski definition) is 2. The van der Waals surface area contributed by atoms with E-state index in [1.807, 2.05) is 56.3 Å². The molecule has 0 radical (unpaired) electrons. The minimum Gasteiger partial charge on any atom is -0.496 e. The standard InChI is InChI=1S/C17H21N3O/c1-12-5-8-15(9-6-12)20-17(18)19-11-14-7-4-13(2)10-16(14)21-3/h4-10H,11H2,1-3H3,(H3,18,19,20). The molecule has 0 aliphatic rings. The Bertz CT molecular complexity index is 633. The minimum absolute atomic E-state index is 0.390. The van der Waals surface area contributed by atoms with Gasteiger partial charge in [0.25, 0.3) is 0 Å². The molecule has 0 bridgehead atoms. The number of anilines is 1. The van der Waals surface area contributed by atoms with E-state index in [2.05, 4.69) is 10.3 Å². The number of ether oxygens (including phenoxy) is 1. The molecule has 2 aromatic carbocycles. The fourth-order valence-corrected chi connectivity index (χ4v) is 1.98.